The van der Waals surface area contributed by atoms with Crippen molar-refractivity contribution < 1.29 is 37.3 Å². The highest BCUT2D eigenvalue weighted by molar-refractivity contribution is 5.88. The zero-order valence-electron chi connectivity index (χ0n) is 24.2. The van der Waals surface area contributed by atoms with Crippen molar-refractivity contribution in [2.45, 2.75) is 6.54 Å². The molecule has 1 N–H and O–H groups in total. The third-order valence-corrected chi connectivity index (χ3v) is 6.55. The van der Waals surface area contributed by atoms with Crippen LogP contribution in [0.2, 0.25) is 0 Å². The number of pyridine rings is 1. The summed E-state index contributed by atoms with van der Waals surface area (Å²) in [5.41, 5.74) is -1.15. The second-order valence-electron chi connectivity index (χ2n) is 9.37. The third-order valence-electron chi connectivity index (χ3n) is 6.55. The molecule has 1 amide bonds. The van der Waals surface area contributed by atoms with Gasteiger partial charge in [0.05, 0.1) is 44.8 Å². The van der Waals surface area contributed by atoms with E-state index in [1.54, 1.807) is 18.2 Å². The predicted molar refractivity (Wildman–Crippen MR) is 159 cm³/mol. The highest BCUT2D eigenvalue weighted by Gasteiger charge is 2.19. The Kier molecular flexibility index (Phi) is 9.04. The molecule has 5 aromatic rings. The number of carbonyl (C=O) groups excluding carboxylic acids is 1. The number of nitrogens with zero attached hydrogens (tertiary/aromatic N) is 3. The lowest BCUT2D eigenvalue weighted by atomic mass is 10.2. The molecule has 0 saturated carbocycles. The Morgan fingerprint density at radius 3 is 2.29 bits per heavy atom. The van der Waals surface area contributed by atoms with Crippen molar-refractivity contribution in [2.24, 2.45) is 0 Å². The van der Waals surface area contributed by atoms with E-state index >= 15 is 4.39 Å². The minimum Gasteiger partial charge on any atom is -0.493 e. The van der Waals surface area contributed by atoms with Crippen LogP contribution in [-0.2, 0) is 11.3 Å². The van der Waals surface area contributed by atoms with Crippen molar-refractivity contribution in [3.8, 4) is 34.4 Å². The van der Waals surface area contributed by atoms with Crippen LogP contribution in [0.3, 0.4) is 0 Å². The quantitative estimate of drug-likeness (QED) is 0.232. The monoisotopic (exact) mass is 620 g/mol. The van der Waals surface area contributed by atoms with Crippen molar-refractivity contribution in [1.82, 2.24) is 14.1 Å². The highest BCUT2D eigenvalue weighted by atomic mass is 19.1. The van der Waals surface area contributed by atoms with Crippen molar-refractivity contribution in [3.63, 3.8) is 0 Å². The van der Waals surface area contributed by atoms with Gasteiger partial charge in [0.25, 0.3) is 0 Å². The zero-order chi connectivity index (χ0) is 32.1. The standard InChI is InChI=1S/C31H26F2N4O8/c1-41-13-12-36-17-28(29(38)37(31(36)40)20-7-4-18(32)5-8-20)45-30(39)35-19-6-9-25(22(33)14-19)44-24-10-11-34-23-16-27(43-3)26(42-2)15-21(23)24/h4-11,14-17H,12-13H2,1-3H3,(H,35,39). The molecule has 14 heteroatoms. The van der Waals surface area contributed by atoms with Gasteiger partial charge in [-0.3, -0.25) is 19.7 Å². The molecule has 0 saturated heterocycles. The van der Waals surface area contributed by atoms with E-state index in [0.29, 0.717) is 28.2 Å². The first kappa shape index (κ1) is 30.7. The summed E-state index contributed by atoms with van der Waals surface area (Å²) in [6.45, 7) is 0.131. The van der Waals surface area contributed by atoms with Gasteiger partial charge in [-0.05, 0) is 48.5 Å². The molecule has 45 heavy (non-hydrogen) atoms. The second kappa shape index (κ2) is 13.3. The number of anilines is 1. The van der Waals surface area contributed by atoms with E-state index in [9.17, 15) is 18.8 Å². The Bertz CT molecular complexity index is 1990. The van der Waals surface area contributed by atoms with Gasteiger partial charge in [0, 0.05) is 36.5 Å². The number of methoxy groups -OCH3 is 3. The van der Waals surface area contributed by atoms with Gasteiger partial charge in [0.15, 0.2) is 23.1 Å². The summed E-state index contributed by atoms with van der Waals surface area (Å²) in [4.78, 5) is 43.2. The van der Waals surface area contributed by atoms with Crippen molar-refractivity contribution in [3.05, 3.63) is 106 Å². The molecular weight excluding hydrogens is 594 g/mol. The van der Waals surface area contributed by atoms with E-state index in [-0.39, 0.29) is 30.3 Å². The molecule has 0 radical (unpaired) electrons. The molecule has 0 atom stereocenters. The van der Waals surface area contributed by atoms with Crippen LogP contribution in [0, 0.1) is 11.6 Å². The van der Waals surface area contributed by atoms with Crippen molar-refractivity contribution >= 4 is 22.7 Å². The van der Waals surface area contributed by atoms with Crippen LogP contribution in [0.15, 0.2) is 82.6 Å². The molecule has 0 spiro atoms. The van der Waals surface area contributed by atoms with Crippen LogP contribution in [0.1, 0.15) is 0 Å². The number of aromatic nitrogens is 3. The van der Waals surface area contributed by atoms with Crippen LogP contribution in [0.25, 0.3) is 16.6 Å². The molecule has 0 unspecified atom stereocenters. The van der Waals surface area contributed by atoms with Crippen LogP contribution >= 0.6 is 0 Å². The number of benzene rings is 3. The van der Waals surface area contributed by atoms with E-state index in [4.69, 9.17) is 23.7 Å². The summed E-state index contributed by atoms with van der Waals surface area (Å²) in [5, 5.41) is 2.88. The summed E-state index contributed by atoms with van der Waals surface area (Å²) in [6, 6.07) is 13.2. The lowest BCUT2D eigenvalue weighted by Gasteiger charge is -2.14. The fraction of sp³-hybridized carbons (Fsp3) is 0.161. The van der Waals surface area contributed by atoms with Crippen LogP contribution in [0.5, 0.6) is 28.7 Å². The van der Waals surface area contributed by atoms with E-state index in [1.165, 1.54) is 51.8 Å². The molecule has 0 aliphatic carbocycles. The summed E-state index contributed by atoms with van der Waals surface area (Å²) >= 11 is 0. The number of carbonyl (C=O) groups is 1. The van der Waals surface area contributed by atoms with Crippen LogP contribution < -0.4 is 35.5 Å². The molecule has 0 fully saturated rings. The van der Waals surface area contributed by atoms with E-state index in [2.05, 4.69) is 10.3 Å². The molecule has 0 aliphatic rings. The summed E-state index contributed by atoms with van der Waals surface area (Å²) in [7, 11) is 4.40. The largest absolute Gasteiger partial charge is 0.493 e. The average molecular weight is 621 g/mol. The number of ether oxygens (including phenoxy) is 5. The number of hydrogen-bond acceptors (Lipinski definition) is 9. The normalized spacial score (nSPS) is 10.9. The van der Waals surface area contributed by atoms with Crippen LogP contribution in [0.4, 0.5) is 19.3 Å². The topological polar surface area (TPSA) is 132 Å². The minimum absolute atomic E-state index is 0.0117. The van der Waals surface area contributed by atoms with E-state index < -0.39 is 34.7 Å². The molecule has 2 heterocycles. The number of amides is 1. The lowest BCUT2D eigenvalue weighted by molar-refractivity contribution is 0.184. The van der Waals surface area contributed by atoms with Crippen molar-refractivity contribution in [2.75, 3.05) is 33.3 Å². The number of hydrogen-bond donors (Lipinski definition) is 1. The molecule has 5 rings (SSSR count). The molecule has 12 nitrogen and oxygen atoms in total. The van der Waals surface area contributed by atoms with Crippen LogP contribution in [-0.4, -0.2) is 48.1 Å². The average Bonchev–Trinajstić information content (AvgIpc) is 3.03. The summed E-state index contributed by atoms with van der Waals surface area (Å²) in [6.07, 6.45) is 1.42. The SMILES string of the molecule is COCCn1cc(OC(=O)Nc2ccc(Oc3ccnc4cc(OC)c(OC)cc34)c(F)c2)c(=O)n(-c2ccc(F)cc2)c1=O. The maximum atomic E-state index is 15.1. The molecular formula is C31H26F2N4O8. The Labute approximate surface area is 253 Å². The van der Waals surface area contributed by atoms with Gasteiger partial charge in [-0.25, -0.2) is 22.9 Å². The van der Waals surface area contributed by atoms with Gasteiger partial charge in [-0.1, -0.05) is 0 Å². The Morgan fingerprint density at radius 1 is 0.867 bits per heavy atom. The fourth-order valence-corrected chi connectivity index (χ4v) is 4.37. The molecule has 3 aromatic carbocycles. The number of fused-ring (bicyclic) bond motifs is 1. The Hall–Kier alpha value is -5.76. The van der Waals surface area contributed by atoms with Crippen molar-refractivity contribution in [1.29, 1.82) is 0 Å². The highest BCUT2D eigenvalue weighted by Crippen LogP contribution is 2.37. The smallest absolute Gasteiger partial charge is 0.417 e. The van der Waals surface area contributed by atoms with Gasteiger partial charge < -0.3 is 23.7 Å². The Morgan fingerprint density at radius 2 is 1.60 bits per heavy atom. The van der Waals surface area contributed by atoms with Gasteiger partial charge in [0.1, 0.15) is 11.6 Å². The fourth-order valence-electron chi connectivity index (χ4n) is 4.37. The zero-order valence-corrected chi connectivity index (χ0v) is 24.2. The van der Waals surface area contributed by atoms with Gasteiger partial charge in [-0.2, -0.15) is 0 Å². The lowest BCUT2D eigenvalue weighted by Crippen LogP contribution is -2.40. The second-order valence-corrected chi connectivity index (χ2v) is 9.37. The maximum Gasteiger partial charge on any atom is 0.417 e. The van der Waals surface area contributed by atoms with E-state index in [1.807, 2.05) is 0 Å². The summed E-state index contributed by atoms with van der Waals surface area (Å²) in [5.74, 6) is -0.859. The Balaban J connectivity index is 1.37. The van der Waals surface area contributed by atoms with E-state index in [0.717, 1.165) is 33.5 Å². The number of halogens is 2. The first-order valence-electron chi connectivity index (χ1n) is 13.3. The maximum absolute atomic E-state index is 15.1. The predicted octanol–water partition coefficient (Wildman–Crippen LogP) is 4.89. The number of nitrogens with one attached hydrogen (secondary N) is 1. The minimum atomic E-state index is -1.14. The van der Waals surface area contributed by atoms with Gasteiger partial charge in [0.2, 0.25) is 5.75 Å². The first-order valence-corrected chi connectivity index (χ1v) is 13.3. The van der Waals surface area contributed by atoms with Gasteiger partial charge in [-0.15, -0.1) is 0 Å². The summed E-state index contributed by atoms with van der Waals surface area (Å²) < 4.78 is 57.1. The van der Waals surface area contributed by atoms with Gasteiger partial charge >= 0.3 is 17.3 Å². The molecule has 232 valence electrons. The molecule has 2 aromatic heterocycles. The molecule has 0 aliphatic heterocycles. The number of rotatable bonds is 10. The third kappa shape index (κ3) is 6.60. The molecule has 0 bridgehead atoms. The first-order chi connectivity index (χ1) is 21.7.